The van der Waals surface area contributed by atoms with Crippen molar-refractivity contribution in [2.45, 2.75) is 13.5 Å². The van der Waals surface area contributed by atoms with Gasteiger partial charge in [-0.15, -0.1) is 0 Å². The molecule has 0 aliphatic carbocycles. The number of hydrogen-bond donors (Lipinski definition) is 0. The van der Waals surface area contributed by atoms with Crippen LogP contribution in [0, 0.1) is 6.92 Å². The molecule has 1 fully saturated rings. The van der Waals surface area contributed by atoms with Crippen molar-refractivity contribution in [2.75, 3.05) is 13.2 Å². The number of amides is 2. The van der Waals surface area contributed by atoms with E-state index in [1.807, 2.05) is 66.7 Å². The fourth-order valence-corrected chi connectivity index (χ4v) is 3.99. The molecule has 0 unspecified atom stereocenters. The predicted octanol–water partition coefficient (Wildman–Crippen LogP) is 5.69. The SMILES string of the molecule is Cc1ccc(COc2ccc(/C=C3\SC(=O)N(CCOc4ccccc4)C3=O)cc2)cc1. The fraction of sp³-hybridized carbons (Fsp3) is 0.154. The zero-order chi connectivity index (χ0) is 22.3. The number of thioether (sulfide) groups is 1. The molecule has 3 aromatic carbocycles. The number of nitrogens with zero attached hydrogens (tertiary/aromatic N) is 1. The Morgan fingerprint density at radius 3 is 2.25 bits per heavy atom. The lowest BCUT2D eigenvalue weighted by Gasteiger charge is -2.13. The van der Waals surface area contributed by atoms with Gasteiger partial charge in [-0.25, -0.2) is 0 Å². The summed E-state index contributed by atoms with van der Waals surface area (Å²) in [5.41, 5.74) is 3.15. The molecule has 4 rings (SSSR count). The van der Waals surface area contributed by atoms with E-state index >= 15 is 0 Å². The Hall–Kier alpha value is -3.51. The van der Waals surface area contributed by atoms with Crippen LogP contribution < -0.4 is 9.47 Å². The molecule has 6 heteroatoms. The lowest BCUT2D eigenvalue weighted by atomic mass is 10.1. The Morgan fingerprint density at radius 1 is 0.844 bits per heavy atom. The Balaban J connectivity index is 1.32. The van der Waals surface area contributed by atoms with Gasteiger partial charge >= 0.3 is 0 Å². The van der Waals surface area contributed by atoms with E-state index in [0.29, 0.717) is 17.3 Å². The number of hydrogen-bond acceptors (Lipinski definition) is 5. The van der Waals surface area contributed by atoms with Crippen LogP contribution in [0.25, 0.3) is 6.08 Å². The smallest absolute Gasteiger partial charge is 0.293 e. The van der Waals surface area contributed by atoms with Gasteiger partial charge in [0.1, 0.15) is 24.7 Å². The Labute approximate surface area is 191 Å². The molecule has 0 radical (unpaired) electrons. The number of imide groups is 1. The molecule has 0 aromatic heterocycles. The normalized spacial score (nSPS) is 14.8. The molecule has 2 amide bonds. The molecule has 1 aliphatic heterocycles. The fourth-order valence-electron chi connectivity index (χ4n) is 3.13. The summed E-state index contributed by atoms with van der Waals surface area (Å²) in [5.74, 6) is 1.16. The van der Waals surface area contributed by atoms with Gasteiger partial charge in [-0.2, -0.15) is 0 Å². The molecule has 5 nitrogen and oxygen atoms in total. The van der Waals surface area contributed by atoms with Gasteiger partial charge in [0.25, 0.3) is 11.1 Å². The zero-order valence-corrected chi connectivity index (χ0v) is 18.5. The van der Waals surface area contributed by atoms with E-state index in [2.05, 4.69) is 19.1 Å². The van der Waals surface area contributed by atoms with Crippen LogP contribution >= 0.6 is 11.8 Å². The first-order chi connectivity index (χ1) is 15.6. The van der Waals surface area contributed by atoms with Crippen molar-refractivity contribution < 1.29 is 19.1 Å². The van der Waals surface area contributed by atoms with Crippen molar-refractivity contribution in [1.29, 1.82) is 0 Å². The van der Waals surface area contributed by atoms with E-state index in [9.17, 15) is 9.59 Å². The summed E-state index contributed by atoms with van der Waals surface area (Å²) >= 11 is 0.947. The van der Waals surface area contributed by atoms with Crippen molar-refractivity contribution in [3.63, 3.8) is 0 Å². The minimum Gasteiger partial charge on any atom is -0.492 e. The highest BCUT2D eigenvalue weighted by molar-refractivity contribution is 8.18. The second-order valence-corrected chi connectivity index (χ2v) is 8.33. The predicted molar refractivity (Wildman–Crippen MR) is 127 cm³/mol. The number of para-hydroxylation sites is 1. The average Bonchev–Trinajstić information content (AvgIpc) is 3.08. The van der Waals surface area contributed by atoms with E-state index in [1.54, 1.807) is 6.08 Å². The summed E-state index contributed by atoms with van der Waals surface area (Å²) < 4.78 is 11.4. The number of carbonyl (C=O) groups excluding carboxylic acids is 2. The standard InChI is InChI=1S/C26H23NO4S/c1-19-7-9-21(10-8-19)18-31-23-13-11-20(12-14-23)17-24-25(28)27(26(29)32-24)15-16-30-22-5-3-2-4-6-22/h2-14,17H,15-16,18H2,1H3/b24-17-. The second-order valence-electron chi connectivity index (χ2n) is 7.34. The lowest BCUT2D eigenvalue weighted by Crippen LogP contribution is -2.32. The molecule has 0 saturated carbocycles. The van der Waals surface area contributed by atoms with E-state index in [-0.39, 0.29) is 24.3 Å². The molecule has 0 atom stereocenters. The van der Waals surface area contributed by atoms with Crippen LogP contribution in [0.2, 0.25) is 0 Å². The molecular weight excluding hydrogens is 422 g/mol. The van der Waals surface area contributed by atoms with Crippen molar-refractivity contribution in [1.82, 2.24) is 4.90 Å². The molecule has 1 aliphatic rings. The molecule has 0 bridgehead atoms. The van der Waals surface area contributed by atoms with Crippen LogP contribution in [-0.4, -0.2) is 29.2 Å². The van der Waals surface area contributed by atoms with Crippen LogP contribution in [0.4, 0.5) is 4.79 Å². The van der Waals surface area contributed by atoms with Gasteiger partial charge in [0.05, 0.1) is 11.4 Å². The van der Waals surface area contributed by atoms with Gasteiger partial charge in [-0.05, 0) is 60.2 Å². The lowest BCUT2D eigenvalue weighted by molar-refractivity contribution is -0.123. The maximum absolute atomic E-state index is 12.6. The van der Waals surface area contributed by atoms with E-state index in [1.165, 1.54) is 10.5 Å². The van der Waals surface area contributed by atoms with Gasteiger partial charge in [-0.1, -0.05) is 60.2 Å². The quantitative estimate of drug-likeness (QED) is 0.417. The highest BCUT2D eigenvalue weighted by Gasteiger charge is 2.34. The third kappa shape index (κ3) is 5.59. The molecule has 32 heavy (non-hydrogen) atoms. The maximum atomic E-state index is 12.6. The largest absolute Gasteiger partial charge is 0.492 e. The first kappa shape index (κ1) is 21.7. The van der Waals surface area contributed by atoms with Crippen LogP contribution in [-0.2, 0) is 11.4 Å². The molecule has 0 spiro atoms. The van der Waals surface area contributed by atoms with E-state index in [0.717, 1.165) is 28.6 Å². The van der Waals surface area contributed by atoms with Gasteiger partial charge in [-0.3, -0.25) is 14.5 Å². The summed E-state index contributed by atoms with van der Waals surface area (Å²) in [6, 6.07) is 25.0. The van der Waals surface area contributed by atoms with Gasteiger partial charge in [0.15, 0.2) is 0 Å². The molecule has 0 N–H and O–H groups in total. The molecular formula is C26H23NO4S. The van der Waals surface area contributed by atoms with E-state index < -0.39 is 0 Å². The topological polar surface area (TPSA) is 55.8 Å². The van der Waals surface area contributed by atoms with Crippen LogP contribution in [0.3, 0.4) is 0 Å². The third-order valence-corrected chi connectivity index (χ3v) is 5.81. The van der Waals surface area contributed by atoms with Crippen LogP contribution in [0.1, 0.15) is 16.7 Å². The summed E-state index contributed by atoms with van der Waals surface area (Å²) in [6.07, 6.45) is 1.73. The first-order valence-electron chi connectivity index (χ1n) is 10.3. The van der Waals surface area contributed by atoms with Gasteiger partial charge in [0.2, 0.25) is 0 Å². The zero-order valence-electron chi connectivity index (χ0n) is 17.7. The van der Waals surface area contributed by atoms with Gasteiger partial charge < -0.3 is 9.47 Å². The summed E-state index contributed by atoms with van der Waals surface area (Å²) in [4.78, 5) is 26.5. The maximum Gasteiger partial charge on any atom is 0.293 e. The summed E-state index contributed by atoms with van der Waals surface area (Å²) in [7, 11) is 0. The summed E-state index contributed by atoms with van der Waals surface area (Å²) in [5, 5.41) is -0.282. The summed E-state index contributed by atoms with van der Waals surface area (Å²) in [6.45, 7) is 3.01. The molecule has 1 heterocycles. The molecule has 1 saturated heterocycles. The number of rotatable bonds is 8. The molecule has 3 aromatic rings. The monoisotopic (exact) mass is 445 g/mol. The Morgan fingerprint density at radius 2 is 1.53 bits per heavy atom. The number of carbonyl (C=O) groups is 2. The van der Waals surface area contributed by atoms with Gasteiger partial charge in [0, 0.05) is 0 Å². The number of benzene rings is 3. The van der Waals surface area contributed by atoms with E-state index in [4.69, 9.17) is 9.47 Å². The van der Waals surface area contributed by atoms with Crippen molar-refractivity contribution in [3.05, 3.63) is 100 Å². The van der Waals surface area contributed by atoms with Crippen LogP contribution in [0.15, 0.2) is 83.8 Å². The highest BCUT2D eigenvalue weighted by Crippen LogP contribution is 2.32. The number of ether oxygens (including phenoxy) is 2. The Kier molecular flexibility index (Phi) is 6.92. The first-order valence-corrected chi connectivity index (χ1v) is 11.1. The second kappa shape index (κ2) is 10.2. The van der Waals surface area contributed by atoms with Crippen molar-refractivity contribution in [2.24, 2.45) is 0 Å². The third-order valence-electron chi connectivity index (χ3n) is 4.90. The minimum absolute atomic E-state index is 0.211. The van der Waals surface area contributed by atoms with Crippen molar-refractivity contribution >= 4 is 29.0 Å². The highest BCUT2D eigenvalue weighted by atomic mass is 32.2. The average molecular weight is 446 g/mol. The van der Waals surface area contributed by atoms with Crippen molar-refractivity contribution in [3.8, 4) is 11.5 Å². The minimum atomic E-state index is -0.295. The van der Waals surface area contributed by atoms with Crippen LogP contribution in [0.5, 0.6) is 11.5 Å². The molecule has 162 valence electrons. The Bertz CT molecular complexity index is 1110. The number of aryl methyl sites for hydroxylation is 1.